The third-order valence-electron chi connectivity index (χ3n) is 2.80. The van der Waals surface area contributed by atoms with Crippen LogP contribution in [-0.2, 0) is 4.79 Å². The van der Waals surface area contributed by atoms with E-state index >= 15 is 0 Å². The Morgan fingerprint density at radius 2 is 2.43 bits per heavy atom. The molecule has 0 radical (unpaired) electrons. The number of carbonyl (C=O) groups is 1. The van der Waals surface area contributed by atoms with Crippen LogP contribution in [0.4, 0.5) is 0 Å². The molecule has 2 atom stereocenters. The maximum absolute atomic E-state index is 11.5. The van der Waals surface area contributed by atoms with Gasteiger partial charge in [-0.3, -0.25) is 4.79 Å². The summed E-state index contributed by atoms with van der Waals surface area (Å²) in [7, 11) is 0. The number of carbonyl (C=O) groups excluding carboxylic acids is 1. The molecule has 0 aromatic carbocycles. The highest BCUT2D eigenvalue weighted by Crippen LogP contribution is 2.32. The fourth-order valence-corrected chi connectivity index (χ4v) is 1.88. The smallest absolute Gasteiger partial charge is 0.142 e. The number of Topliss-reactive ketones (excluding diaryl/α,β-unsaturated/α-hetero) is 1. The lowest BCUT2D eigenvalue weighted by Crippen LogP contribution is -2.40. The number of ketones is 1. The number of aliphatic hydroxyl groups is 1. The van der Waals surface area contributed by atoms with Crippen LogP contribution in [0.2, 0.25) is 0 Å². The maximum atomic E-state index is 11.5. The quantitative estimate of drug-likeness (QED) is 0.732. The average molecular weight is 194 g/mol. The summed E-state index contributed by atoms with van der Waals surface area (Å²) in [5.74, 6) is -0.224. The Balaban J connectivity index is 2.93. The van der Waals surface area contributed by atoms with Crippen molar-refractivity contribution in [2.45, 2.75) is 39.2 Å². The third kappa shape index (κ3) is 2.13. The summed E-state index contributed by atoms with van der Waals surface area (Å²) in [5.41, 5.74) is 0.180. The molecule has 78 valence electrons. The van der Waals surface area contributed by atoms with Crippen molar-refractivity contribution in [1.82, 2.24) is 0 Å². The lowest BCUT2D eigenvalue weighted by atomic mass is 9.76. The van der Waals surface area contributed by atoms with Crippen LogP contribution < -0.4 is 0 Å². The maximum Gasteiger partial charge on any atom is 0.142 e. The minimum absolute atomic E-state index is 0.112. The summed E-state index contributed by atoms with van der Waals surface area (Å²) in [5, 5.41) is 10.1. The highest BCUT2D eigenvalue weighted by atomic mass is 16.3. The van der Waals surface area contributed by atoms with E-state index in [1.165, 1.54) is 0 Å². The first-order valence-corrected chi connectivity index (χ1v) is 5.09. The summed E-state index contributed by atoms with van der Waals surface area (Å²) >= 11 is 0. The van der Waals surface area contributed by atoms with Crippen molar-refractivity contribution in [2.24, 2.45) is 5.92 Å². The molecule has 0 saturated heterocycles. The lowest BCUT2D eigenvalue weighted by Gasteiger charge is -2.33. The molecule has 0 aromatic heterocycles. The molecule has 1 aliphatic rings. The van der Waals surface area contributed by atoms with E-state index in [2.05, 4.69) is 0 Å². The minimum atomic E-state index is -0.913. The second kappa shape index (κ2) is 4.09. The van der Waals surface area contributed by atoms with Crippen LogP contribution in [0.1, 0.15) is 33.6 Å². The zero-order valence-corrected chi connectivity index (χ0v) is 9.08. The van der Waals surface area contributed by atoms with E-state index < -0.39 is 5.60 Å². The van der Waals surface area contributed by atoms with Gasteiger partial charge in [0.25, 0.3) is 0 Å². The molecule has 0 aromatic rings. The Labute approximate surface area is 85.3 Å². The van der Waals surface area contributed by atoms with Crippen molar-refractivity contribution in [1.29, 1.82) is 0 Å². The second-order valence-corrected chi connectivity index (χ2v) is 4.05. The molecule has 1 aliphatic carbocycles. The Kier molecular flexibility index (Phi) is 3.27. The van der Waals surface area contributed by atoms with Gasteiger partial charge >= 0.3 is 0 Å². The van der Waals surface area contributed by atoms with Crippen LogP contribution in [0.3, 0.4) is 0 Å². The average Bonchev–Trinajstić information content (AvgIpc) is 2.15. The summed E-state index contributed by atoms with van der Waals surface area (Å²) in [4.78, 5) is 11.5. The van der Waals surface area contributed by atoms with Crippen molar-refractivity contribution < 1.29 is 9.90 Å². The van der Waals surface area contributed by atoms with Crippen molar-refractivity contribution in [2.75, 3.05) is 0 Å². The van der Waals surface area contributed by atoms with Crippen LogP contribution in [0, 0.1) is 5.92 Å². The normalized spacial score (nSPS) is 34.9. The van der Waals surface area contributed by atoms with Gasteiger partial charge in [-0.25, -0.2) is 0 Å². The van der Waals surface area contributed by atoms with E-state index in [0.29, 0.717) is 12.8 Å². The Morgan fingerprint density at radius 3 is 2.86 bits per heavy atom. The Morgan fingerprint density at radius 1 is 1.79 bits per heavy atom. The fraction of sp³-hybridized carbons (Fsp3) is 0.583. The molecule has 0 aliphatic heterocycles. The van der Waals surface area contributed by atoms with Crippen molar-refractivity contribution >= 4 is 5.78 Å². The molecule has 0 heterocycles. The zero-order chi connectivity index (χ0) is 10.8. The molecule has 14 heavy (non-hydrogen) atoms. The highest BCUT2D eigenvalue weighted by molar-refractivity contribution is 5.84. The number of allylic oxidation sites excluding steroid dienone is 2. The van der Waals surface area contributed by atoms with E-state index in [0.717, 1.165) is 5.57 Å². The molecule has 0 amide bonds. The SMILES string of the molecule is CC=C1C=CC(C(=O)CC)C(C)(O)C1. The molecule has 0 spiro atoms. The van der Waals surface area contributed by atoms with E-state index in [9.17, 15) is 9.90 Å². The van der Waals surface area contributed by atoms with E-state index in [1.807, 2.05) is 32.1 Å². The van der Waals surface area contributed by atoms with Gasteiger partial charge in [-0.15, -0.1) is 0 Å². The van der Waals surface area contributed by atoms with Crippen LogP contribution >= 0.6 is 0 Å². The topological polar surface area (TPSA) is 37.3 Å². The molecule has 2 unspecified atom stereocenters. The third-order valence-corrected chi connectivity index (χ3v) is 2.80. The summed E-state index contributed by atoms with van der Waals surface area (Å²) in [6.45, 7) is 5.51. The van der Waals surface area contributed by atoms with E-state index in [1.54, 1.807) is 6.92 Å². The molecule has 1 N–H and O–H groups in total. The Bertz CT molecular complexity index is 285. The largest absolute Gasteiger partial charge is 0.389 e. The lowest BCUT2D eigenvalue weighted by molar-refractivity contribution is -0.128. The first-order valence-electron chi connectivity index (χ1n) is 5.09. The zero-order valence-electron chi connectivity index (χ0n) is 9.08. The molecular formula is C12H18O2. The number of rotatable bonds is 2. The minimum Gasteiger partial charge on any atom is -0.389 e. The van der Waals surface area contributed by atoms with Gasteiger partial charge in [0.1, 0.15) is 5.78 Å². The van der Waals surface area contributed by atoms with Gasteiger partial charge < -0.3 is 5.11 Å². The van der Waals surface area contributed by atoms with Crippen molar-refractivity contribution in [3.8, 4) is 0 Å². The van der Waals surface area contributed by atoms with Gasteiger partial charge in [-0.05, 0) is 19.4 Å². The molecular weight excluding hydrogens is 176 g/mol. The van der Waals surface area contributed by atoms with Gasteiger partial charge in [0.05, 0.1) is 11.5 Å². The summed E-state index contributed by atoms with van der Waals surface area (Å²) in [6.07, 6.45) is 6.78. The second-order valence-electron chi connectivity index (χ2n) is 4.05. The van der Waals surface area contributed by atoms with Gasteiger partial charge in [0, 0.05) is 12.8 Å². The molecule has 2 nitrogen and oxygen atoms in total. The van der Waals surface area contributed by atoms with Crippen molar-refractivity contribution in [3.63, 3.8) is 0 Å². The molecule has 0 saturated carbocycles. The van der Waals surface area contributed by atoms with Crippen LogP contribution in [-0.4, -0.2) is 16.5 Å². The van der Waals surface area contributed by atoms with Gasteiger partial charge in [0.15, 0.2) is 0 Å². The number of hydrogen-bond acceptors (Lipinski definition) is 2. The van der Waals surface area contributed by atoms with E-state index in [-0.39, 0.29) is 11.7 Å². The van der Waals surface area contributed by atoms with E-state index in [4.69, 9.17) is 0 Å². The fourth-order valence-electron chi connectivity index (χ4n) is 1.88. The highest BCUT2D eigenvalue weighted by Gasteiger charge is 2.36. The standard InChI is InChI=1S/C12H18O2/c1-4-9-6-7-10(11(13)5-2)12(3,14)8-9/h4,6-7,10,14H,5,8H2,1-3H3. The Hall–Kier alpha value is -0.890. The van der Waals surface area contributed by atoms with Gasteiger partial charge in [-0.1, -0.05) is 25.2 Å². The van der Waals surface area contributed by atoms with Crippen LogP contribution in [0.5, 0.6) is 0 Å². The number of hydrogen-bond donors (Lipinski definition) is 1. The predicted molar refractivity (Wildman–Crippen MR) is 56.9 cm³/mol. The predicted octanol–water partition coefficient (Wildman–Crippen LogP) is 2.24. The van der Waals surface area contributed by atoms with Crippen LogP contribution in [0.25, 0.3) is 0 Å². The molecule has 0 fully saturated rings. The van der Waals surface area contributed by atoms with Gasteiger partial charge in [-0.2, -0.15) is 0 Å². The van der Waals surface area contributed by atoms with Crippen molar-refractivity contribution in [3.05, 3.63) is 23.8 Å². The molecule has 1 rings (SSSR count). The summed E-state index contributed by atoms with van der Waals surface area (Å²) in [6, 6.07) is 0. The van der Waals surface area contributed by atoms with Crippen LogP contribution in [0.15, 0.2) is 23.8 Å². The monoisotopic (exact) mass is 194 g/mol. The first-order chi connectivity index (χ1) is 6.51. The summed E-state index contributed by atoms with van der Waals surface area (Å²) < 4.78 is 0. The van der Waals surface area contributed by atoms with Gasteiger partial charge in [0.2, 0.25) is 0 Å². The first kappa shape index (κ1) is 11.2. The molecule has 0 bridgehead atoms. The molecule has 2 heteroatoms.